The number of aliphatic hydroxyl groups excluding tert-OH is 1. The van der Waals surface area contributed by atoms with Crippen molar-refractivity contribution in [2.24, 2.45) is 10.9 Å². The maximum Gasteiger partial charge on any atom is 0.416 e. The molecular weight excluding hydrogens is 385 g/mol. The zero-order valence-electron chi connectivity index (χ0n) is 16.3. The quantitative estimate of drug-likeness (QED) is 0.218. The third kappa shape index (κ3) is 6.42. The minimum absolute atomic E-state index is 0.0939. The Kier molecular flexibility index (Phi) is 7.55. The van der Waals surface area contributed by atoms with Gasteiger partial charge in [0.2, 0.25) is 0 Å². The molecule has 0 amide bonds. The SMILES string of the molecule is CN/C(CC1CC1)=N\C(NC(C)c1ccc(C(F)(F)F)cc1)=C(/C=O)C(=N)CO. The van der Waals surface area contributed by atoms with Crippen molar-refractivity contribution < 1.29 is 23.1 Å². The smallest absolute Gasteiger partial charge is 0.390 e. The zero-order valence-corrected chi connectivity index (χ0v) is 16.3. The van der Waals surface area contributed by atoms with Crippen molar-refractivity contribution >= 4 is 17.8 Å². The number of nitrogens with one attached hydrogen (secondary N) is 3. The summed E-state index contributed by atoms with van der Waals surface area (Å²) in [6.45, 7) is 1.07. The highest BCUT2D eigenvalue weighted by Gasteiger charge is 2.30. The van der Waals surface area contributed by atoms with Gasteiger partial charge in [-0.3, -0.25) is 4.79 Å². The standard InChI is InChI=1S/C20H25F3N4O2/c1-12(14-5-7-15(8-6-14)20(21,22)23)26-19(16(10-28)17(24)11-29)27-18(25-2)9-13-3-4-13/h5-8,10,12-13,24,26,29H,3-4,9,11H2,1-2H3,(H,25,27)/b19-16+,24-17?. The maximum atomic E-state index is 12.8. The minimum Gasteiger partial charge on any atom is -0.390 e. The van der Waals surface area contributed by atoms with E-state index in [1.807, 2.05) is 0 Å². The Morgan fingerprint density at radius 1 is 1.34 bits per heavy atom. The van der Waals surface area contributed by atoms with E-state index in [1.165, 1.54) is 12.1 Å². The number of amidine groups is 1. The van der Waals surface area contributed by atoms with Gasteiger partial charge >= 0.3 is 6.18 Å². The van der Waals surface area contributed by atoms with E-state index in [0.29, 0.717) is 30.0 Å². The average molecular weight is 410 g/mol. The second-order valence-corrected chi connectivity index (χ2v) is 6.96. The summed E-state index contributed by atoms with van der Waals surface area (Å²) in [6, 6.07) is 4.19. The van der Waals surface area contributed by atoms with E-state index in [9.17, 15) is 23.1 Å². The Balaban J connectivity index is 2.33. The van der Waals surface area contributed by atoms with Crippen LogP contribution in [0.1, 0.15) is 43.4 Å². The normalized spacial score (nSPS) is 16.7. The molecule has 1 aromatic rings. The molecule has 6 nitrogen and oxygen atoms in total. The number of rotatable bonds is 9. The van der Waals surface area contributed by atoms with Crippen LogP contribution in [0.25, 0.3) is 0 Å². The van der Waals surface area contributed by atoms with Gasteiger partial charge in [-0.05, 0) is 43.4 Å². The third-order valence-corrected chi connectivity index (χ3v) is 4.66. The molecule has 1 aromatic carbocycles. The Morgan fingerprint density at radius 3 is 2.41 bits per heavy atom. The molecule has 2 rings (SSSR count). The minimum atomic E-state index is -4.42. The number of hydrogen-bond acceptors (Lipinski definition) is 5. The van der Waals surface area contributed by atoms with Crippen molar-refractivity contribution in [1.82, 2.24) is 10.6 Å². The predicted octanol–water partition coefficient (Wildman–Crippen LogP) is 3.20. The summed E-state index contributed by atoms with van der Waals surface area (Å²) >= 11 is 0. The van der Waals surface area contributed by atoms with Crippen molar-refractivity contribution in [3.63, 3.8) is 0 Å². The summed E-state index contributed by atoms with van der Waals surface area (Å²) in [6.07, 6.45) is -1.09. The average Bonchev–Trinajstić information content (AvgIpc) is 3.51. The molecule has 1 atom stereocenters. The number of aliphatic imine (C=N–C) groups is 1. The lowest BCUT2D eigenvalue weighted by molar-refractivity contribution is -0.137. The highest BCUT2D eigenvalue weighted by Crippen LogP contribution is 2.33. The van der Waals surface area contributed by atoms with Crippen LogP contribution in [0.4, 0.5) is 13.2 Å². The summed E-state index contributed by atoms with van der Waals surface area (Å²) < 4.78 is 38.3. The molecule has 4 N–H and O–H groups in total. The highest BCUT2D eigenvalue weighted by molar-refractivity contribution is 6.14. The van der Waals surface area contributed by atoms with Gasteiger partial charge in [0.15, 0.2) is 6.29 Å². The first kappa shape index (κ1) is 22.6. The first-order valence-corrected chi connectivity index (χ1v) is 9.26. The Hall–Kier alpha value is -2.68. The van der Waals surface area contributed by atoms with Gasteiger partial charge in [-0.1, -0.05) is 12.1 Å². The molecule has 0 aliphatic heterocycles. The molecule has 0 heterocycles. The second-order valence-electron chi connectivity index (χ2n) is 6.96. The van der Waals surface area contributed by atoms with Crippen LogP contribution in [-0.2, 0) is 11.0 Å². The fourth-order valence-corrected chi connectivity index (χ4v) is 2.71. The van der Waals surface area contributed by atoms with Gasteiger partial charge in [0.1, 0.15) is 11.7 Å². The molecule has 0 spiro atoms. The van der Waals surface area contributed by atoms with Gasteiger partial charge in [0, 0.05) is 19.5 Å². The van der Waals surface area contributed by atoms with Crippen LogP contribution in [0.2, 0.25) is 0 Å². The van der Waals surface area contributed by atoms with Crippen molar-refractivity contribution in [3.8, 4) is 0 Å². The van der Waals surface area contributed by atoms with Gasteiger partial charge in [0.05, 0.1) is 23.5 Å². The molecule has 1 aliphatic rings. The van der Waals surface area contributed by atoms with Crippen LogP contribution in [0, 0.1) is 11.3 Å². The molecule has 1 aliphatic carbocycles. The summed E-state index contributed by atoms with van der Waals surface area (Å²) in [7, 11) is 1.70. The molecule has 1 fully saturated rings. The summed E-state index contributed by atoms with van der Waals surface area (Å²) in [4.78, 5) is 16.0. The third-order valence-electron chi connectivity index (χ3n) is 4.66. The van der Waals surface area contributed by atoms with E-state index >= 15 is 0 Å². The number of alkyl halides is 3. The Morgan fingerprint density at radius 2 is 1.97 bits per heavy atom. The van der Waals surface area contributed by atoms with Crippen LogP contribution >= 0.6 is 0 Å². The van der Waals surface area contributed by atoms with Crippen molar-refractivity contribution in [3.05, 3.63) is 46.8 Å². The van der Waals surface area contributed by atoms with E-state index in [1.54, 1.807) is 14.0 Å². The van der Waals surface area contributed by atoms with Gasteiger partial charge in [0.25, 0.3) is 0 Å². The van der Waals surface area contributed by atoms with Crippen molar-refractivity contribution in [2.75, 3.05) is 13.7 Å². The predicted molar refractivity (Wildman–Crippen MR) is 105 cm³/mol. The number of nitrogens with zero attached hydrogens (tertiary/aromatic N) is 1. The second kappa shape index (κ2) is 9.69. The molecule has 158 valence electrons. The maximum absolute atomic E-state index is 12.8. The fraction of sp³-hybridized carbons (Fsp3) is 0.450. The number of benzene rings is 1. The molecule has 9 heteroatoms. The zero-order chi connectivity index (χ0) is 21.6. The molecule has 0 radical (unpaired) electrons. The topological polar surface area (TPSA) is 97.6 Å². The highest BCUT2D eigenvalue weighted by atomic mass is 19.4. The van der Waals surface area contributed by atoms with E-state index in [-0.39, 0.29) is 17.1 Å². The molecule has 1 unspecified atom stereocenters. The molecule has 0 bridgehead atoms. The van der Waals surface area contributed by atoms with Gasteiger partial charge < -0.3 is 21.1 Å². The van der Waals surface area contributed by atoms with Crippen LogP contribution in [0.15, 0.2) is 40.7 Å². The first-order valence-electron chi connectivity index (χ1n) is 9.26. The molecule has 29 heavy (non-hydrogen) atoms. The molecular formula is C20H25F3N4O2. The fourth-order valence-electron chi connectivity index (χ4n) is 2.71. The number of aliphatic hydroxyl groups is 1. The lowest BCUT2D eigenvalue weighted by Gasteiger charge is -2.19. The number of carbonyl (C=O) groups excluding carboxylic acids is 1. The van der Waals surface area contributed by atoms with Crippen LogP contribution in [0.3, 0.4) is 0 Å². The lowest BCUT2D eigenvalue weighted by atomic mass is 10.1. The van der Waals surface area contributed by atoms with Crippen molar-refractivity contribution in [2.45, 2.75) is 38.4 Å². The van der Waals surface area contributed by atoms with E-state index in [2.05, 4.69) is 15.6 Å². The molecule has 0 saturated heterocycles. The van der Waals surface area contributed by atoms with E-state index in [4.69, 9.17) is 5.41 Å². The number of halogens is 3. The summed E-state index contributed by atoms with van der Waals surface area (Å²) in [5.41, 5.74) is -0.595. The first-order chi connectivity index (χ1) is 13.7. The molecule has 0 aromatic heterocycles. The number of carbonyl (C=O) groups is 1. The van der Waals surface area contributed by atoms with Gasteiger partial charge in [-0.2, -0.15) is 13.2 Å². The van der Waals surface area contributed by atoms with Gasteiger partial charge in [-0.15, -0.1) is 0 Å². The van der Waals surface area contributed by atoms with Crippen molar-refractivity contribution in [1.29, 1.82) is 5.41 Å². The van der Waals surface area contributed by atoms with E-state index < -0.39 is 24.4 Å². The van der Waals surface area contributed by atoms with Crippen LogP contribution < -0.4 is 10.6 Å². The van der Waals surface area contributed by atoms with E-state index in [0.717, 1.165) is 25.0 Å². The summed E-state index contributed by atoms with van der Waals surface area (Å²) in [5.74, 6) is 1.24. The van der Waals surface area contributed by atoms with Gasteiger partial charge in [-0.25, -0.2) is 4.99 Å². The Labute approximate surface area is 167 Å². The lowest BCUT2D eigenvalue weighted by Crippen LogP contribution is -2.26. The monoisotopic (exact) mass is 410 g/mol. The van der Waals surface area contributed by atoms with Crippen LogP contribution in [0.5, 0.6) is 0 Å². The largest absolute Gasteiger partial charge is 0.416 e. The Bertz CT molecular complexity index is 797. The summed E-state index contributed by atoms with van der Waals surface area (Å²) in [5, 5.41) is 23.1. The molecule has 1 saturated carbocycles. The number of aldehydes is 1. The number of hydrogen-bond donors (Lipinski definition) is 4. The van der Waals surface area contributed by atoms with Crippen LogP contribution in [-0.4, -0.2) is 36.6 Å².